The van der Waals surface area contributed by atoms with Gasteiger partial charge in [0.1, 0.15) is 5.75 Å². The molecule has 1 aromatic carbocycles. The number of hydrogen-bond donors (Lipinski definition) is 1. The largest absolute Gasteiger partial charge is 0.497 e. The summed E-state index contributed by atoms with van der Waals surface area (Å²) in [6.07, 6.45) is 4.57. The van der Waals surface area contributed by atoms with Crippen LogP contribution in [0.5, 0.6) is 5.75 Å². The van der Waals surface area contributed by atoms with E-state index in [9.17, 15) is 0 Å². The molecule has 5 heteroatoms. The Balaban J connectivity index is 1.94. The van der Waals surface area contributed by atoms with Crippen molar-refractivity contribution in [3.63, 3.8) is 0 Å². The molecule has 2 aromatic heterocycles. The third-order valence-corrected chi connectivity index (χ3v) is 3.65. The summed E-state index contributed by atoms with van der Waals surface area (Å²) in [6.45, 7) is 0.817. The summed E-state index contributed by atoms with van der Waals surface area (Å²) in [4.78, 5) is 7.35. The number of rotatable bonds is 4. The summed E-state index contributed by atoms with van der Waals surface area (Å²) in [6, 6.07) is 9.95. The van der Waals surface area contributed by atoms with Gasteiger partial charge in [-0.3, -0.25) is 4.98 Å². The molecule has 0 saturated carbocycles. The molecule has 4 nitrogen and oxygen atoms in total. The number of aryl methyl sites for hydroxylation is 2. The predicted molar refractivity (Wildman–Crippen MR) is 81.6 cm³/mol. The summed E-state index contributed by atoms with van der Waals surface area (Å²) in [7, 11) is 1.67. The fourth-order valence-electron chi connectivity index (χ4n) is 2.27. The van der Waals surface area contributed by atoms with Gasteiger partial charge in [-0.15, -0.1) is 0 Å². The van der Waals surface area contributed by atoms with Gasteiger partial charge in [0, 0.05) is 25.0 Å². The minimum atomic E-state index is 0.733. The Hall–Kier alpha value is -2.14. The standard InChI is InChI=1S/C15H15N3OS/c1-19-12-4-5-13-14(9-12)18(15(20)17-13)8-6-11-3-2-7-16-10-11/h2-5,7,9-10H,6,8H2,1H3,(H,17,20). The van der Waals surface area contributed by atoms with Crippen molar-refractivity contribution in [2.75, 3.05) is 7.11 Å². The van der Waals surface area contributed by atoms with E-state index in [-0.39, 0.29) is 0 Å². The number of ether oxygens (including phenoxy) is 1. The SMILES string of the molecule is COc1ccc2[nH]c(=S)n(CCc3cccnc3)c2c1. The topological polar surface area (TPSA) is 42.8 Å². The van der Waals surface area contributed by atoms with Gasteiger partial charge in [-0.25, -0.2) is 0 Å². The Morgan fingerprint density at radius 2 is 2.25 bits per heavy atom. The maximum atomic E-state index is 5.40. The van der Waals surface area contributed by atoms with Gasteiger partial charge in [-0.2, -0.15) is 0 Å². The van der Waals surface area contributed by atoms with Crippen LogP contribution in [0.2, 0.25) is 0 Å². The van der Waals surface area contributed by atoms with E-state index >= 15 is 0 Å². The second kappa shape index (κ2) is 5.46. The molecule has 0 radical (unpaired) electrons. The molecule has 0 bridgehead atoms. The van der Waals surface area contributed by atoms with Crippen molar-refractivity contribution in [2.24, 2.45) is 0 Å². The Morgan fingerprint density at radius 3 is 3.00 bits per heavy atom. The lowest BCUT2D eigenvalue weighted by molar-refractivity contribution is 0.415. The van der Waals surface area contributed by atoms with Crippen molar-refractivity contribution in [1.82, 2.24) is 14.5 Å². The van der Waals surface area contributed by atoms with Crippen LogP contribution in [0.4, 0.5) is 0 Å². The molecule has 102 valence electrons. The van der Waals surface area contributed by atoms with Gasteiger partial charge in [-0.1, -0.05) is 6.07 Å². The van der Waals surface area contributed by atoms with Gasteiger partial charge >= 0.3 is 0 Å². The normalized spacial score (nSPS) is 10.8. The number of nitrogens with zero attached hydrogens (tertiary/aromatic N) is 2. The van der Waals surface area contributed by atoms with Gasteiger partial charge in [-0.05, 0) is 42.4 Å². The van der Waals surface area contributed by atoms with Crippen LogP contribution in [0.1, 0.15) is 5.56 Å². The van der Waals surface area contributed by atoms with E-state index in [1.54, 1.807) is 13.3 Å². The summed E-state index contributed by atoms with van der Waals surface area (Å²) in [5.41, 5.74) is 3.30. The van der Waals surface area contributed by atoms with Crippen LogP contribution in [-0.4, -0.2) is 21.6 Å². The zero-order valence-corrected chi connectivity index (χ0v) is 12.0. The quantitative estimate of drug-likeness (QED) is 0.748. The molecule has 0 saturated heterocycles. The van der Waals surface area contributed by atoms with E-state index in [0.717, 1.165) is 34.5 Å². The summed E-state index contributed by atoms with van der Waals surface area (Å²) in [5, 5.41) is 0. The molecule has 1 N–H and O–H groups in total. The zero-order valence-electron chi connectivity index (χ0n) is 11.2. The number of imidazole rings is 1. The van der Waals surface area contributed by atoms with E-state index in [4.69, 9.17) is 17.0 Å². The number of H-pyrrole nitrogens is 1. The molecule has 0 aliphatic rings. The number of methoxy groups -OCH3 is 1. The number of fused-ring (bicyclic) bond motifs is 1. The lowest BCUT2D eigenvalue weighted by atomic mass is 10.2. The number of benzene rings is 1. The Bertz CT molecular complexity index is 777. The third-order valence-electron chi connectivity index (χ3n) is 3.33. The van der Waals surface area contributed by atoms with Crippen LogP contribution >= 0.6 is 12.2 Å². The first kappa shape index (κ1) is 12.9. The van der Waals surface area contributed by atoms with E-state index in [0.29, 0.717) is 0 Å². The number of pyridine rings is 1. The van der Waals surface area contributed by atoms with Crippen LogP contribution in [0.3, 0.4) is 0 Å². The van der Waals surface area contributed by atoms with Gasteiger partial charge in [0.25, 0.3) is 0 Å². The number of aromatic nitrogens is 3. The van der Waals surface area contributed by atoms with Gasteiger partial charge in [0.2, 0.25) is 0 Å². The minimum Gasteiger partial charge on any atom is -0.497 e. The van der Waals surface area contributed by atoms with Crippen LogP contribution in [0, 0.1) is 4.77 Å². The van der Waals surface area contributed by atoms with Crippen molar-refractivity contribution in [1.29, 1.82) is 0 Å². The second-order valence-electron chi connectivity index (χ2n) is 4.58. The van der Waals surface area contributed by atoms with Crippen molar-refractivity contribution < 1.29 is 4.74 Å². The van der Waals surface area contributed by atoms with Gasteiger partial charge in [0.15, 0.2) is 4.77 Å². The van der Waals surface area contributed by atoms with Crippen LogP contribution < -0.4 is 4.74 Å². The summed E-state index contributed by atoms with van der Waals surface area (Å²) < 4.78 is 8.11. The molecule has 0 atom stereocenters. The number of nitrogens with one attached hydrogen (secondary N) is 1. The molecule has 0 aliphatic heterocycles. The number of aromatic amines is 1. The highest BCUT2D eigenvalue weighted by Gasteiger charge is 2.06. The van der Waals surface area contributed by atoms with Crippen molar-refractivity contribution >= 4 is 23.3 Å². The zero-order chi connectivity index (χ0) is 13.9. The van der Waals surface area contributed by atoms with Crippen molar-refractivity contribution in [2.45, 2.75) is 13.0 Å². The molecule has 3 rings (SSSR count). The minimum absolute atomic E-state index is 0.733. The first-order valence-electron chi connectivity index (χ1n) is 6.43. The first-order chi connectivity index (χ1) is 9.78. The molecule has 2 heterocycles. The molecule has 0 aliphatic carbocycles. The summed E-state index contributed by atoms with van der Waals surface area (Å²) in [5.74, 6) is 0.835. The maximum absolute atomic E-state index is 5.40. The molecule has 20 heavy (non-hydrogen) atoms. The fourth-order valence-corrected chi connectivity index (χ4v) is 2.57. The monoisotopic (exact) mass is 285 g/mol. The van der Waals surface area contributed by atoms with Gasteiger partial charge < -0.3 is 14.3 Å². The molecular weight excluding hydrogens is 270 g/mol. The maximum Gasteiger partial charge on any atom is 0.178 e. The lowest BCUT2D eigenvalue weighted by Crippen LogP contribution is -2.01. The summed E-state index contributed by atoms with van der Waals surface area (Å²) >= 11 is 5.40. The molecule has 0 amide bonds. The highest BCUT2D eigenvalue weighted by atomic mass is 32.1. The molecule has 3 aromatic rings. The molecule has 0 fully saturated rings. The predicted octanol–water partition coefficient (Wildman–Crippen LogP) is 3.35. The third kappa shape index (κ3) is 2.44. The smallest absolute Gasteiger partial charge is 0.178 e. The fraction of sp³-hybridized carbons (Fsp3) is 0.200. The Kier molecular flexibility index (Phi) is 3.52. The number of hydrogen-bond acceptors (Lipinski definition) is 3. The van der Waals surface area contributed by atoms with Crippen LogP contribution in [0.25, 0.3) is 11.0 Å². The second-order valence-corrected chi connectivity index (χ2v) is 4.96. The Labute approximate surface area is 122 Å². The van der Waals surface area contributed by atoms with Crippen molar-refractivity contribution in [3.05, 3.63) is 53.1 Å². The highest BCUT2D eigenvalue weighted by molar-refractivity contribution is 7.71. The molecular formula is C15H15N3OS. The average Bonchev–Trinajstić information content (AvgIpc) is 2.80. The van der Waals surface area contributed by atoms with Crippen molar-refractivity contribution in [3.8, 4) is 5.75 Å². The van der Waals surface area contributed by atoms with E-state index in [1.807, 2.05) is 30.5 Å². The average molecular weight is 285 g/mol. The highest BCUT2D eigenvalue weighted by Crippen LogP contribution is 2.21. The van der Waals surface area contributed by atoms with Crippen LogP contribution in [0.15, 0.2) is 42.7 Å². The molecule has 0 spiro atoms. The van der Waals surface area contributed by atoms with E-state index < -0.39 is 0 Å². The first-order valence-corrected chi connectivity index (χ1v) is 6.84. The van der Waals surface area contributed by atoms with E-state index in [1.165, 1.54) is 5.56 Å². The molecule has 0 unspecified atom stereocenters. The van der Waals surface area contributed by atoms with Crippen LogP contribution in [-0.2, 0) is 13.0 Å². The lowest BCUT2D eigenvalue weighted by Gasteiger charge is -2.06. The van der Waals surface area contributed by atoms with E-state index in [2.05, 4.69) is 20.6 Å². The van der Waals surface area contributed by atoms with Gasteiger partial charge in [0.05, 0.1) is 18.1 Å². The Morgan fingerprint density at radius 1 is 1.35 bits per heavy atom.